The third kappa shape index (κ3) is 1.40. The molecule has 0 bridgehead atoms. The van der Waals surface area contributed by atoms with Crippen molar-refractivity contribution < 1.29 is 0 Å². The van der Waals surface area contributed by atoms with E-state index in [0.29, 0.717) is 14.8 Å². The zero-order valence-corrected chi connectivity index (χ0v) is 10.7. The van der Waals surface area contributed by atoms with E-state index in [4.69, 9.17) is 11.0 Å². The van der Waals surface area contributed by atoms with Gasteiger partial charge >= 0.3 is 0 Å². The summed E-state index contributed by atoms with van der Waals surface area (Å²) in [5, 5.41) is 18.3. The van der Waals surface area contributed by atoms with E-state index in [1.807, 2.05) is 6.07 Å². The van der Waals surface area contributed by atoms with Crippen LogP contribution in [-0.2, 0) is 0 Å². The molecule has 0 aromatic carbocycles. The first-order chi connectivity index (χ1) is 8.56. The molecule has 1 aromatic heterocycles. The summed E-state index contributed by atoms with van der Waals surface area (Å²) >= 11 is 1.23. The number of nitriles is 2. The number of allylic oxidation sites excluding steroid dienone is 1. The van der Waals surface area contributed by atoms with Crippen LogP contribution >= 0.6 is 11.3 Å². The van der Waals surface area contributed by atoms with Crippen LogP contribution in [0.2, 0.25) is 0 Å². The van der Waals surface area contributed by atoms with Crippen molar-refractivity contribution in [2.75, 3.05) is 0 Å². The molecule has 2 N–H and O–H groups in total. The van der Waals surface area contributed by atoms with Crippen molar-refractivity contribution in [3.05, 3.63) is 25.1 Å². The molecule has 2 heterocycles. The van der Waals surface area contributed by atoms with Crippen LogP contribution < -0.4 is 20.5 Å². The Bertz CT molecular complexity index is 810. The lowest BCUT2D eigenvalue weighted by atomic mass is 9.93. The Morgan fingerprint density at radius 3 is 2.50 bits per heavy atom. The molecule has 1 aromatic rings. The summed E-state index contributed by atoms with van der Waals surface area (Å²) in [6.07, 6.45) is 1.68. The van der Waals surface area contributed by atoms with Crippen LogP contribution in [0.4, 0.5) is 0 Å². The van der Waals surface area contributed by atoms with Crippen LogP contribution in [0.1, 0.15) is 13.8 Å². The van der Waals surface area contributed by atoms with Crippen molar-refractivity contribution >= 4 is 28.8 Å². The standard InChI is InChI=1S/C12H10N4OS/c1-3-9-11(17)16-10(15)7(4-13)6(2)8(5-14)12(16)18-9/h3,6H,15H2,1-2H3/b9-3-/t6-/m0/s1. The number of rotatable bonds is 0. The fourth-order valence-electron chi connectivity index (χ4n) is 1.94. The molecule has 6 heteroatoms. The number of hydrogen-bond donors (Lipinski definition) is 1. The fraction of sp³-hybridized carbons (Fsp3) is 0.250. The van der Waals surface area contributed by atoms with E-state index in [-0.39, 0.29) is 22.9 Å². The van der Waals surface area contributed by atoms with E-state index in [1.54, 1.807) is 19.9 Å². The van der Waals surface area contributed by atoms with Gasteiger partial charge in [-0.15, -0.1) is 11.3 Å². The Labute approximate surface area is 107 Å². The normalized spacial score (nSPS) is 19.4. The van der Waals surface area contributed by atoms with Gasteiger partial charge in [-0.3, -0.25) is 9.36 Å². The SMILES string of the molecule is C/C=c1\sc2n(c1=O)C(N)=C(C#N)[C@H](C)C=2C#N. The van der Waals surface area contributed by atoms with Gasteiger partial charge in [0.25, 0.3) is 5.56 Å². The minimum Gasteiger partial charge on any atom is -0.384 e. The number of thiazole rings is 1. The molecule has 0 saturated carbocycles. The van der Waals surface area contributed by atoms with Gasteiger partial charge < -0.3 is 5.73 Å². The van der Waals surface area contributed by atoms with E-state index < -0.39 is 0 Å². The van der Waals surface area contributed by atoms with Gasteiger partial charge in [0.2, 0.25) is 0 Å². The molecule has 18 heavy (non-hydrogen) atoms. The minimum absolute atomic E-state index is 0.133. The van der Waals surface area contributed by atoms with Crippen molar-refractivity contribution in [1.82, 2.24) is 4.57 Å². The van der Waals surface area contributed by atoms with Crippen LogP contribution in [0, 0.1) is 28.6 Å². The highest BCUT2D eigenvalue weighted by molar-refractivity contribution is 7.07. The highest BCUT2D eigenvalue weighted by Gasteiger charge is 2.27. The zero-order chi connectivity index (χ0) is 13.4. The van der Waals surface area contributed by atoms with Crippen LogP contribution in [0.3, 0.4) is 0 Å². The molecule has 0 amide bonds. The van der Waals surface area contributed by atoms with Crippen LogP contribution in [0.15, 0.2) is 10.4 Å². The van der Waals surface area contributed by atoms with Crippen LogP contribution in [-0.4, -0.2) is 4.57 Å². The van der Waals surface area contributed by atoms with Gasteiger partial charge in [-0.25, -0.2) is 0 Å². The quantitative estimate of drug-likeness (QED) is 0.690. The second-order valence-electron chi connectivity index (χ2n) is 3.86. The molecular formula is C12H10N4OS. The fourth-order valence-corrected chi connectivity index (χ4v) is 3.05. The lowest BCUT2D eigenvalue weighted by molar-refractivity contribution is 0.843. The first kappa shape index (κ1) is 12.2. The lowest BCUT2D eigenvalue weighted by Gasteiger charge is -2.17. The molecule has 1 aliphatic rings. The average Bonchev–Trinajstić information content (AvgIpc) is 2.68. The van der Waals surface area contributed by atoms with Gasteiger partial charge in [-0.2, -0.15) is 10.5 Å². The molecule has 0 radical (unpaired) electrons. The summed E-state index contributed by atoms with van der Waals surface area (Å²) < 4.78 is 2.31. The van der Waals surface area contributed by atoms with Gasteiger partial charge in [0.15, 0.2) is 0 Å². The second kappa shape index (κ2) is 4.17. The van der Waals surface area contributed by atoms with E-state index in [1.165, 1.54) is 15.9 Å². The van der Waals surface area contributed by atoms with Crippen molar-refractivity contribution in [2.24, 2.45) is 11.7 Å². The second-order valence-corrected chi connectivity index (χ2v) is 4.89. The van der Waals surface area contributed by atoms with Crippen molar-refractivity contribution in [3.8, 4) is 12.1 Å². The molecule has 1 atom stereocenters. The van der Waals surface area contributed by atoms with Gasteiger partial charge in [0.1, 0.15) is 10.5 Å². The van der Waals surface area contributed by atoms with Gasteiger partial charge in [0.05, 0.1) is 27.8 Å². The maximum absolute atomic E-state index is 12.1. The maximum Gasteiger partial charge on any atom is 0.274 e. The first-order valence-electron chi connectivity index (χ1n) is 5.29. The molecular weight excluding hydrogens is 248 g/mol. The number of fused-ring (bicyclic) bond motifs is 1. The molecule has 1 aliphatic heterocycles. The number of hydrogen-bond acceptors (Lipinski definition) is 5. The predicted octanol–water partition coefficient (Wildman–Crippen LogP) is -0.315. The van der Waals surface area contributed by atoms with Crippen LogP contribution in [0.25, 0.3) is 17.5 Å². The molecule has 0 saturated heterocycles. The summed E-state index contributed by atoms with van der Waals surface area (Å²) in [7, 11) is 0. The molecule has 2 rings (SSSR count). The Morgan fingerprint density at radius 2 is 2.00 bits per heavy atom. The number of nitrogens with zero attached hydrogens (tertiary/aromatic N) is 3. The molecule has 5 nitrogen and oxygen atoms in total. The van der Waals surface area contributed by atoms with Crippen molar-refractivity contribution in [1.29, 1.82) is 10.5 Å². The summed E-state index contributed by atoms with van der Waals surface area (Å²) in [4.78, 5) is 12.1. The van der Waals surface area contributed by atoms with Gasteiger partial charge in [-0.05, 0) is 6.92 Å². The maximum atomic E-state index is 12.1. The smallest absolute Gasteiger partial charge is 0.274 e. The molecule has 0 spiro atoms. The monoisotopic (exact) mass is 258 g/mol. The van der Waals surface area contributed by atoms with E-state index in [9.17, 15) is 10.1 Å². The molecule has 0 unspecified atom stereocenters. The summed E-state index contributed by atoms with van der Waals surface area (Å²) in [6.45, 7) is 3.49. The third-order valence-electron chi connectivity index (χ3n) is 2.94. The van der Waals surface area contributed by atoms with E-state index in [0.717, 1.165) is 0 Å². The topological polar surface area (TPSA) is 95.6 Å². The first-order valence-corrected chi connectivity index (χ1v) is 6.11. The number of nitrogens with two attached hydrogens (primary N) is 1. The Kier molecular flexibility index (Phi) is 2.82. The van der Waals surface area contributed by atoms with Crippen LogP contribution in [0.5, 0.6) is 0 Å². The zero-order valence-electron chi connectivity index (χ0n) is 9.89. The lowest BCUT2D eigenvalue weighted by Crippen LogP contribution is -2.38. The predicted molar refractivity (Wildman–Crippen MR) is 69.2 cm³/mol. The highest BCUT2D eigenvalue weighted by atomic mass is 32.1. The molecule has 0 aliphatic carbocycles. The Balaban J connectivity index is 3.09. The van der Waals surface area contributed by atoms with E-state index >= 15 is 0 Å². The average molecular weight is 258 g/mol. The summed E-state index contributed by atoms with van der Waals surface area (Å²) in [5.41, 5.74) is 6.27. The number of aromatic nitrogens is 1. The Morgan fingerprint density at radius 1 is 1.39 bits per heavy atom. The van der Waals surface area contributed by atoms with Crippen molar-refractivity contribution in [2.45, 2.75) is 13.8 Å². The largest absolute Gasteiger partial charge is 0.384 e. The summed E-state index contributed by atoms with van der Waals surface area (Å²) in [5.74, 6) is -0.240. The third-order valence-corrected chi connectivity index (χ3v) is 4.17. The highest BCUT2D eigenvalue weighted by Crippen LogP contribution is 2.24. The Hall–Kier alpha value is -2.31. The minimum atomic E-state index is -0.372. The van der Waals surface area contributed by atoms with Gasteiger partial charge in [-0.1, -0.05) is 13.0 Å². The summed E-state index contributed by atoms with van der Waals surface area (Å²) in [6, 6.07) is 4.05. The van der Waals surface area contributed by atoms with E-state index in [2.05, 4.69) is 6.07 Å². The van der Waals surface area contributed by atoms with Crippen molar-refractivity contribution in [3.63, 3.8) is 0 Å². The molecule has 90 valence electrons. The molecule has 0 fully saturated rings. The van der Waals surface area contributed by atoms with Gasteiger partial charge in [0, 0.05) is 5.92 Å².